The Balaban J connectivity index is 1.53. The Bertz CT molecular complexity index is 1020. The average molecular weight is 381 g/mol. The van der Waals surface area contributed by atoms with Gasteiger partial charge in [-0.15, -0.1) is 10.2 Å². The van der Waals surface area contributed by atoms with E-state index < -0.39 is 24.0 Å². The number of aryl methyl sites for hydroxylation is 1. The van der Waals surface area contributed by atoms with Crippen molar-refractivity contribution in [3.63, 3.8) is 0 Å². The van der Waals surface area contributed by atoms with Crippen LogP contribution >= 0.6 is 0 Å². The molecule has 0 aliphatic carbocycles. The molecular formula is C19H19N5O4. The summed E-state index contributed by atoms with van der Waals surface area (Å²) < 4.78 is 6.78. The highest BCUT2D eigenvalue weighted by molar-refractivity contribution is 5.98. The molecule has 2 aromatic heterocycles. The molecule has 0 bridgehead atoms. The second-order valence-corrected chi connectivity index (χ2v) is 6.10. The first-order chi connectivity index (χ1) is 13.4. The molecule has 3 rings (SSSR count). The van der Waals surface area contributed by atoms with Gasteiger partial charge in [0.05, 0.1) is 5.56 Å². The molecule has 1 atom stereocenters. The molecule has 144 valence electrons. The Morgan fingerprint density at radius 3 is 2.61 bits per heavy atom. The normalized spacial score (nSPS) is 11.6. The van der Waals surface area contributed by atoms with Crippen molar-refractivity contribution in [1.82, 2.24) is 25.2 Å². The smallest absolute Gasteiger partial charge is 0.340 e. The maximum Gasteiger partial charge on any atom is 0.340 e. The highest BCUT2D eigenvalue weighted by atomic mass is 16.5. The third-order valence-electron chi connectivity index (χ3n) is 3.99. The lowest BCUT2D eigenvalue weighted by Crippen LogP contribution is -2.44. The average Bonchev–Trinajstić information content (AvgIpc) is 3.07. The van der Waals surface area contributed by atoms with Gasteiger partial charge in [-0.2, -0.15) is 0 Å². The first-order valence-electron chi connectivity index (χ1n) is 8.59. The summed E-state index contributed by atoms with van der Waals surface area (Å²) >= 11 is 0. The lowest BCUT2D eigenvalue weighted by Gasteiger charge is -2.13. The molecule has 2 N–H and O–H groups in total. The number of carbonyl (C=O) groups is 3. The summed E-state index contributed by atoms with van der Waals surface area (Å²) in [4.78, 5) is 36.2. The fourth-order valence-electron chi connectivity index (χ4n) is 2.44. The molecule has 0 saturated heterocycles. The van der Waals surface area contributed by atoms with E-state index in [1.54, 1.807) is 17.4 Å². The number of hydrogen-bond acceptors (Lipinski definition) is 6. The van der Waals surface area contributed by atoms with E-state index in [2.05, 4.69) is 20.8 Å². The number of nitrogens with zero attached hydrogens (tertiary/aromatic N) is 3. The molecule has 28 heavy (non-hydrogen) atoms. The molecule has 3 amide bonds. The minimum atomic E-state index is -1.15. The topological polar surface area (TPSA) is 115 Å². The van der Waals surface area contributed by atoms with E-state index in [9.17, 15) is 14.4 Å². The van der Waals surface area contributed by atoms with E-state index in [-0.39, 0.29) is 12.1 Å². The Morgan fingerprint density at radius 2 is 1.86 bits per heavy atom. The van der Waals surface area contributed by atoms with Crippen molar-refractivity contribution in [3.05, 3.63) is 65.6 Å². The van der Waals surface area contributed by atoms with Crippen LogP contribution in [0, 0.1) is 6.92 Å². The van der Waals surface area contributed by atoms with Gasteiger partial charge in [-0.3, -0.25) is 14.5 Å². The number of benzene rings is 1. The summed E-state index contributed by atoms with van der Waals surface area (Å²) in [6.45, 7) is 3.41. The van der Waals surface area contributed by atoms with Crippen LogP contribution in [0.3, 0.4) is 0 Å². The number of nitrogens with one attached hydrogen (secondary N) is 2. The molecule has 1 unspecified atom stereocenters. The Morgan fingerprint density at radius 1 is 1.11 bits per heavy atom. The van der Waals surface area contributed by atoms with Crippen molar-refractivity contribution >= 4 is 23.6 Å². The number of imide groups is 1. The number of amides is 3. The molecule has 9 nitrogen and oxygen atoms in total. The van der Waals surface area contributed by atoms with Gasteiger partial charge in [0.2, 0.25) is 0 Å². The summed E-state index contributed by atoms with van der Waals surface area (Å²) in [6.07, 6.45) is 0.386. The van der Waals surface area contributed by atoms with E-state index in [0.717, 1.165) is 5.56 Å². The van der Waals surface area contributed by atoms with Crippen molar-refractivity contribution < 1.29 is 19.1 Å². The molecule has 2 heterocycles. The summed E-state index contributed by atoms with van der Waals surface area (Å²) in [7, 11) is 0. The number of ether oxygens (including phenoxy) is 1. The van der Waals surface area contributed by atoms with Crippen LogP contribution in [0.2, 0.25) is 0 Å². The standard InChI is InChI=1S/C19H19N5O4/c1-12(17(25)21-19(27)20-10-14-6-4-3-5-7-14)28-18(26)15-8-9-16-23-22-13(2)24(16)11-15/h3-9,11-12H,10H2,1-2H3,(H2,20,21,25,27). The van der Waals surface area contributed by atoms with Crippen LogP contribution in [0.15, 0.2) is 48.7 Å². The fourth-order valence-corrected chi connectivity index (χ4v) is 2.44. The van der Waals surface area contributed by atoms with Gasteiger partial charge in [-0.05, 0) is 31.5 Å². The van der Waals surface area contributed by atoms with Crippen LogP contribution in [0.25, 0.3) is 5.65 Å². The second kappa shape index (κ2) is 8.30. The van der Waals surface area contributed by atoms with E-state index in [1.165, 1.54) is 19.2 Å². The zero-order valence-electron chi connectivity index (χ0n) is 15.4. The summed E-state index contributed by atoms with van der Waals surface area (Å²) in [5.41, 5.74) is 1.72. The van der Waals surface area contributed by atoms with Gasteiger partial charge in [0, 0.05) is 12.7 Å². The summed E-state index contributed by atoms with van der Waals surface area (Å²) in [5, 5.41) is 12.6. The van der Waals surface area contributed by atoms with Crippen molar-refractivity contribution in [2.75, 3.05) is 0 Å². The van der Waals surface area contributed by atoms with Gasteiger partial charge >= 0.3 is 12.0 Å². The van der Waals surface area contributed by atoms with Crippen molar-refractivity contribution in [2.45, 2.75) is 26.5 Å². The van der Waals surface area contributed by atoms with Gasteiger partial charge in [0.1, 0.15) is 5.82 Å². The molecule has 0 fully saturated rings. The summed E-state index contributed by atoms with van der Waals surface area (Å²) in [6, 6.07) is 11.7. The lowest BCUT2D eigenvalue weighted by molar-refractivity contribution is -0.127. The zero-order valence-corrected chi connectivity index (χ0v) is 15.4. The quantitative estimate of drug-likeness (QED) is 0.649. The van der Waals surface area contributed by atoms with E-state index in [1.807, 2.05) is 30.3 Å². The molecular weight excluding hydrogens is 362 g/mol. The van der Waals surface area contributed by atoms with Crippen LogP contribution in [0.5, 0.6) is 0 Å². The monoisotopic (exact) mass is 381 g/mol. The second-order valence-electron chi connectivity index (χ2n) is 6.10. The Kier molecular flexibility index (Phi) is 5.64. The van der Waals surface area contributed by atoms with E-state index in [4.69, 9.17) is 4.74 Å². The van der Waals surface area contributed by atoms with Crippen LogP contribution < -0.4 is 10.6 Å². The van der Waals surface area contributed by atoms with Gasteiger partial charge in [0.25, 0.3) is 5.91 Å². The third-order valence-corrected chi connectivity index (χ3v) is 3.99. The molecule has 0 aliphatic rings. The van der Waals surface area contributed by atoms with Crippen LogP contribution in [-0.4, -0.2) is 38.6 Å². The predicted molar refractivity (Wildman–Crippen MR) is 99.4 cm³/mol. The molecule has 9 heteroatoms. The minimum Gasteiger partial charge on any atom is -0.449 e. The number of carbonyl (C=O) groups excluding carboxylic acids is 3. The first-order valence-corrected chi connectivity index (χ1v) is 8.59. The van der Waals surface area contributed by atoms with E-state index in [0.29, 0.717) is 11.5 Å². The Labute approximate surface area is 160 Å². The highest BCUT2D eigenvalue weighted by Gasteiger charge is 2.21. The molecule has 3 aromatic rings. The molecule has 0 radical (unpaired) electrons. The molecule has 1 aromatic carbocycles. The predicted octanol–water partition coefficient (Wildman–Crippen LogP) is 1.61. The SMILES string of the molecule is Cc1nnc2ccc(C(=O)OC(C)C(=O)NC(=O)NCc3ccccc3)cn12. The third kappa shape index (κ3) is 4.50. The van der Waals surface area contributed by atoms with Gasteiger partial charge in [-0.1, -0.05) is 30.3 Å². The zero-order chi connectivity index (χ0) is 20.1. The number of aromatic nitrogens is 3. The number of rotatable bonds is 5. The van der Waals surface area contributed by atoms with Crippen molar-refractivity contribution in [2.24, 2.45) is 0 Å². The van der Waals surface area contributed by atoms with Gasteiger partial charge in [0.15, 0.2) is 11.8 Å². The number of esters is 1. The Hall–Kier alpha value is -3.75. The van der Waals surface area contributed by atoms with Crippen molar-refractivity contribution in [3.8, 4) is 0 Å². The van der Waals surface area contributed by atoms with Crippen LogP contribution in [0.4, 0.5) is 4.79 Å². The van der Waals surface area contributed by atoms with Crippen LogP contribution in [0.1, 0.15) is 28.7 Å². The number of urea groups is 1. The van der Waals surface area contributed by atoms with Gasteiger partial charge in [-0.25, -0.2) is 9.59 Å². The molecule has 0 aliphatic heterocycles. The lowest BCUT2D eigenvalue weighted by atomic mass is 10.2. The maximum atomic E-state index is 12.3. The number of pyridine rings is 1. The molecule has 0 spiro atoms. The first kappa shape index (κ1) is 19.0. The number of fused-ring (bicyclic) bond motifs is 1. The van der Waals surface area contributed by atoms with E-state index >= 15 is 0 Å². The fraction of sp³-hybridized carbons (Fsp3) is 0.211. The minimum absolute atomic E-state index is 0.239. The molecule has 0 saturated carbocycles. The van der Waals surface area contributed by atoms with Crippen molar-refractivity contribution in [1.29, 1.82) is 0 Å². The largest absolute Gasteiger partial charge is 0.449 e. The van der Waals surface area contributed by atoms with Gasteiger partial charge < -0.3 is 10.1 Å². The number of hydrogen-bond donors (Lipinski definition) is 2. The van der Waals surface area contributed by atoms with Crippen LogP contribution in [-0.2, 0) is 16.1 Å². The summed E-state index contributed by atoms with van der Waals surface area (Å²) in [5.74, 6) is -0.798. The highest BCUT2D eigenvalue weighted by Crippen LogP contribution is 2.09. The maximum absolute atomic E-state index is 12.3.